The van der Waals surface area contributed by atoms with E-state index >= 15 is 0 Å². The van der Waals surface area contributed by atoms with Crippen molar-refractivity contribution in [2.75, 3.05) is 6.61 Å². The molecule has 0 saturated heterocycles. The largest absolute Gasteiger partial charge is 0.464 e. The van der Waals surface area contributed by atoms with Crippen LogP contribution in [0.2, 0.25) is 0 Å². The number of nitrogens with two attached hydrogens (primary N) is 1. The molecule has 3 N–H and O–H groups in total. The summed E-state index contributed by atoms with van der Waals surface area (Å²) >= 11 is 0. The topological polar surface area (TPSA) is 98.5 Å². The molecule has 1 aromatic carbocycles. The molecule has 0 aliphatic rings. The first-order valence-corrected chi connectivity index (χ1v) is 6.26. The van der Waals surface area contributed by atoms with E-state index in [0.717, 1.165) is 0 Å². The minimum Gasteiger partial charge on any atom is -0.464 e. The summed E-state index contributed by atoms with van der Waals surface area (Å²) < 4.78 is 4.90. The zero-order valence-electron chi connectivity index (χ0n) is 11.5. The Bertz CT molecular complexity index is 501. The second kappa shape index (κ2) is 6.70. The Morgan fingerprint density at radius 1 is 1.25 bits per heavy atom. The third-order valence-corrected chi connectivity index (χ3v) is 2.74. The minimum absolute atomic E-state index is 0.156. The number of ether oxygens (including phenoxy) is 1. The highest BCUT2D eigenvalue weighted by Gasteiger charge is 2.42. The molecule has 0 heterocycles. The second-order valence-corrected chi connectivity index (χ2v) is 4.45. The number of carbonyl (C=O) groups is 3. The van der Waals surface area contributed by atoms with Gasteiger partial charge in [-0.2, -0.15) is 0 Å². The van der Waals surface area contributed by atoms with Crippen LogP contribution in [0.4, 0.5) is 0 Å². The number of rotatable bonds is 6. The summed E-state index contributed by atoms with van der Waals surface area (Å²) in [6.45, 7) is 3.20. The smallest absolute Gasteiger partial charge is 0.341 e. The Hall–Kier alpha value is -2.37. The maximum atomic E-state index is 12.0. The summed E-state index contributed by atoms with van der Waals surface area (Å²) in [5.41, 5.74) is 3.65. The van der Waals surface area contributed by atoms with E-state index in [1.165, 1.54) is 6.92 Å². The van der Waals surface area contributed by atoms with Crippen molar-refractivity contribution in [2.45, 2.75) is 25.8 Å². The zero-order valence-corrected chi connectivity index (χ0v) is 11.5. The van der Waals surface area contributed by atoms with Gasteiger partial charge in [-0.3, -0.25) is 9.59 Å². The summed E-state index contributed by atoms with van der Waals surface area (Å²) in [6.07, 6.45) is 0.604. The van der Waals surface area contributed by atoms with Gasteiger partial charge in [-0.1, -0.05) is 25.1 Å². The highest BCUT2D eigenvalue weighted by molar-refractivity contribution is 6.11. The first-order chi connectivity index (χ1) is 9.41. The summed E-state index contributed by atoms with van der Waals surface area (Å²) in [7, 11) is 0. The van der Waals surface area contributed by atoms with Gasteiger partial charge in [0, 0.05) is 5.56 Å². The van der Waals surface area contributed by atoms with Crippen LogP contribution in [0.1, 0.15) is 30.6 Å². The van der Waals surface area contributed by atoms with E-state index in [9.17, 15) is 14.4 Å². The van der Waals surface area contributed by atoms with Gasteiger partial charge in [0.1, 0.15) is 0 Å². The molecule has 1 atom stereocenters. The van der Waals surface area contributed by atoms with Crippen LogP contribution >= 0.6 is 0 Å². The fourth-order valence-corrected chi connectivity index (χ4v) is 1.44. The first kappa shape index (κ1) is 15.7. The summed E-state index contributed by atoms with van der Waals surface area (Å²) in [5.74, 6) is -2.40. The Morgan fingerprint density at radius 3 is 2.35 bits per heavy atom. The lowest BCUT2D eigenvalue weighted by atomic mass is 10.0. The van der Waals surface area contributed by atoms with Crippen molar-refractivity contribution >= 4 is 17.8 Å². The van der Waals surface area contributed by atoms with Crippen LogP contribution < -0.4 is 11.1 Å². The molecule has 0 radical (unpaired) electrons. The molecule has 108 valence electrons. The quantitative estimate of drug-likeness (QED) is 0.588. The molecular weight excluding hydrogens is 260 g/mol. The van der Waals surface area contributed by atoms with Crippen molar-refractivity contribution in [3.63, 3.8) is 0 Å². The molecule has 6 heteroatoms. The minimum atomic E-state index is -1.89. The molecule has 1 rings (SSSR count). The number of primary amides is 1. The number of amides is 2. The maximum Gasteiger partial charge on any atom is 0.341 e. The van der Waals surface area contributed by atoms with Crippen LogP contribution in [0.15, 0.2) is 30.3 Å². The fourth-order valence-electron chi connectivity index (χ4n) is 1.44. The van der Waals surface area contributed by atoms with Gasteiger partial charge >= 0.3 is 5.97 Å². The molecule has 1 aromatic rings. The monoisotopic (exact) mass is 278 g/mol. The van der Waals surface area contributed by atoms with E-state index in [0.29, 0.717) is 12.0 Å². The number of hydrogen-bond acceptors (Lipinski definition) is 4. The van der Waals surface area contributed by atoms with Crippen molar-refractivity contribution in [1.82, 2.24) is 5.32 Å². The Morgan fingerprint density at radius 2 is 1.85 bits per heavy atom. The summed E-state index contributed by atoms with van der Waals surface area (Å²) in [5, 5.41) is 2.33. The van der Waals surface area contributed by atoms with Crippen molar-refractivity contribution < 1.29 is 19.1 Å². The van der Waals surface area contributed by atoms with Gasteiger partial charge in [-0.25, -0.2) is 4.79 Å². The van der Waals surface area contributed by atoms with Crippen LogP contribution in [0.25, 0.3) is 0 Å². The molecule has 0 aliphatic heterocycles. The average molecular weight is 278 g/mol. The molecule has 6 nitrogen and oxygen atoms in total. The molecule has 2 amide bonds. The maximum absolute atomic E-state index is 12.0. The second-order valence-electron chi connectivity index (χ2n) is 4.45. The molecule has 0 aliphatic carbocycles. The molecule has 0 saturated carbocycles. The van der Waals surface area contributed by atoms with Crippen molar-refractivity contribution in [2.24, 2.45) is 5.73 Å². The molecule has 1 unspecified atom stereocenters. The van der Waals surface area contributed by atoms with Gasteiger partial charge in [0.15, 0.2) is 0 Å². The van der Waals surface area contributed by atoms with Crippen molar-refractivity contribution in [3.8, 4) is 0 Å². The van der Waals surface area contributed by atoms with Gasteiger partial charge in [0.2, 0.25) is 5.54 Å². The number of carbonyl (C=O) groups excluding carboxylic acids is 3. The van der Waals surface area contributed by atoms with E-state index in [1.54, 1.807) is 30.3 Å². The number of nitrogens with one attached hydrogen (secondary N) is 1. The van der Waals surface area contributed by atoms with E-state index in [4.69, 9.17) is 10.5 Å². The first-order valence-electron chi connectivity index (χ1n) is 6.26. The normalized spacial score (nSPS) is 13.1. The Labute approximate surface area is 117 Å². The van der Waals surface area contributed by atoms with Gasteiger partial charge < -0.3 is 15.8 Å². The fraction of sp³-hybridized carbons (Fsp3) is 0.357. The Balaban J connectivity index is 2.89. The van der Waals surface area contributed by atoms with Gasteiger partial charge in [0.25, 0.3) is 11.8 Å². The SMILES string of the molecule is CCCOC(=O)C(C)(NC(=O)c1ccccc1)C(N)=O. The van der Waals surface area contributed by atoms with E-state index in [1.807, 2.05) is 6.92 Å². The number of esters is 1. The van der Waals surface area contributed by atoms with Crippen LogP contribution in [-0.4, -0.2) is 29.9 Å². The third-order valence-electron chi connectivity index (χ3n) is 2.74. The third kappa shape index (κ3) is 3.57. The Kier molecular flexibility index (Phi) is 5.25. The van der Waals surface area contributed by atoms with Gasteiger partial charge in [-0.05, 0) is 25.5 Å². The lowest BCUT2D eigenvalue weighted by molar-refractivity contribution is -0.154. The van der Waals surface area contributed by atoms with Crippen molar-refractivity contribution in [1.29, 1.82) is 0 Å². The molecule has 0 spiro atoms. The lowest BCUT2D eigenvalue weighted by Gasteiger charge is -2.25. The van der Waals surface area contributed by atoms with Gasteiger partial charge in [-0.15, -0.1) is 0 Å². The summed E-state index contributed by atoms with van der Waals surface area (Å²) in [4.78, 5) is 35.4. The molecule has 0 bridgehead atoms. The highest BCUT2D eigenvalue weighted by atomic mass is 16.5. The van der Waals surface area contributed by atoms with Crippen LogP contribution in [-0.2, 0) is 14.3 Å². The van der Waals surface area contributed by atoms with Crippen LogP contribution in [0.5, 0.6) is 0 Å². The molecule has 0 aromatic heterocycles. The predicted molar refractivity (Wildman–Crippen MR) is 72.8 cm³/mol. The van der Waals surface area contributed by atoms with Crippen LogP contribution in [0.3, 0.4) is 0 Å². The van der Waals surface area contributed by atoms with E-state index in [2.05, 4.69) is 5.32 Å². The average Bonchev–Trinajstić information content (AvgIpc) is 2.45. The van der Waals surface area contributed by atoms with Crippen LogP contribution in [0, 0.1) is 0 Å². The van der Waals surface area contributed by atoms with Gasteiger partial charge in [0.05, 0.1) is 6.61 Å². The van der Waals surface area contributed by atoms with E-state index < -0.39 is 23.3 Å². The standard InChI is InChI=1S/C14H18N2O4/c1-3-9-20-13(19)14(2,12(15)18)16-11(17)10-7-5-4-6-8-10/h4-8H,3,9H2,1-2H3,(H2,15,18)(H,16,17). The zero-order chi connectivity index (χ0) is 15.2. The molecule has 20 heavy (non-hydrogen) atoms. The summed E-state index contributed by atoms with van der Waals surface area (Å²) in [6, 6.07) is 8.22. The number of benzene rings is 1. The highest BCUT2D eigenvalue weighted by Crippen LogP contribution is 2.09. The van der Waals surface area contributed by atoms with Crippen molar-refractivity contribution in [3.05, 3.63) is 35.9 Å². The lowest BCUT2D eigenvalue weighted by Crippen LogP contribution is -2.61. The number of hydrogen-bond donors (Lipinski definition) is 2. The van der Waals surface area contributed by atoms with E-state index in [-0.39, 0.29) is 6.61 Å². The molecule has 0 fully saturated rings. The molecular formula is C14H18N2O4. The predicted octanol–water partition coefficient (Wildman–Crippen LogP) is 0.614.